The maximum Gasteiger partial charge on any atom is 0.133 e. The van der Waals surface area contributed by atoms with E-state index < -0.39 is 0 Å². The fourth-order valence-electron chi connectivity index (χ4n) is 1.81. The summed E-state index contributed by atoms with van der Waals surface area (Å²) in [5, 5.41) is 15.7. The molecule has 1 rings (SSSR count). The van der Waals surface area contributed by atoms with Gasteiger partial charge in [-0.3, -0.25) is 0 Å². The highest BCUT2D eigenvalue weighted by molar-refractivity contribution is 5.47. The molecule has 5 nitrogen and oxygen atoms in total. The van der Waals surface area contributed by atoms with Crippen molar-refractivity contribution in [1.82, 2.24) is 9.97 Å². The number of rotatable bonds is 9. The van der Waals surface area contributed by atoms with Gasteiger partial charge in [-0.15, -0.1) is 0 Å². The van der Waals surface area contributed by atoms with Crippen molar-refractivity contribution in [3.05, 3.63) is 11.9 Å². The van der Waals surface area contributed by atoms with Gasteiger partial charge in [-0.25, -0.2) is 9.97 Å². The molecule has 0 bridgehead atoms. The molecule has 0 aliphatic heterocycles. The minimum atomic E-state index is -0.236. The van der Waals surface area contributed by atoms with Crippen LogP contribution in [0.2, 0.25) is 0 Å². The minimum Gasteiger partial charge on any atom is -0.393 e. The standard InChI is InChI=1S/C14H26N4O/c1-4-7-12-17-13(15-5-2)10-14(18-12)16-9-6-8-11(3)19/h10-11,19H,4-9H2,1-3H3,(H2,15,16,17,18). The summed E-state index contributed by atoms with van der Waals surface area (Å²) < 4.78 is 0. The Morgan fingerprint density at radius 1 is 1.21 bits per heavy atom. The third-order valence-electron chi connectivity index (χ3n) is 2.71. The average Bonchev–Trinajstić information content (AvgIpc) is 2.35. The minimum absolute atomic E-state index is 0.236. The van der Waals surface area contributed by atoms with Crippen LogP contribution in [0.15, 0.2) is 6.07 Å². The molecule has 0 aliphatic carbocycles. The van der Waals surface area contributed by atoms with Crippen molar-refractivity contribution >= 4 is 11.6 Å². The normalized spacial score (nSPS) is 12.2. The summed E-state index contributed by atoms with van der Waals surface area (Å²) in [5.74, 6) is 2.61. The molecule has 19 heavy (non-hydrogen) atoms. The van der Waals surface area contributed by atoms with E-state index in [1.165, 1.54) is 0 Å². The van der Waals surface area contributed by atoms with E-state index in [2.05, 4.69) is 34.4 Å². The SMILES string of the molecule is CCCc1nc(NCC)cc(NCCCC(C)O)n1. The number of anilines is 2. The zero-order valence-electron chi connectivity index (χ0n) is 12.2. The van der Waals surface area contributed by atoms with E-state index in [0.717, 1.165) is 56.2 Å². The van der Waals surface area contributed by atoms with Crippen LogP contribution in [-0.4, -0.2) is 34.3 Å². The number of aromatic nitrogens is 2. The highest BCUT2D eigenvalue weighted by Crippen LogP contribution is 2.12. The molecule has 0 fully saturated rings. The Bertz CT molecular complexity index is 344. The predicted molar refractivity (Wildman–Crippen MR) is 79.6 cm³/mol. The summed E-state index contributed by atoms with van der Waals surface area (Å²) in [6.07, 6.45) is 3.43. The van der Waals surface area contributed by atoms with Crippen molar-refractivity contribution in [3.8, 4) is 0 Å². The van der Waals surface area contributed by atoms with Crippen molar-refractivity contribution in [2.24, 2.45) is 0 Å². The lowest BCUT2D eigenvalue weighted by Gasteiger charge is -2.11. The molecule has 0 aliphatic rings. The van der Waals surface area contributed by atoms with E-state index in [-0.39, 0.29) is 6.10 Å². The molecular weight excluding hydrogens is 240 g/mol. The molecule has 0 saturated heterocycles. The number of hydrogen-bond donors (Lipinski definition) is 3. The predicted octanol–water partition coefficient (Wildman–Crippen LogP) is 2.43. The lowest BCUT2D eigenvalue weighted by Crippen LogP contribution is -2.10. The van der Waals surface area contributed by atoms with E-state index >= 15 is 0 Å². The fourth-order valence-corrected chi connectivity index (χ4v) is 1.81. The molecule has 3 N–H and O–H groups in total. The largest absolute Gasteiger partial charge is 0.393 e. The summed E-state index contributed by atoms with van der Waals surface area (Å²) in [4.78, 5) is 8.96. The third-order valence-corrected chi connectivity index (χ3v) is 2.71. The zero-order chi connectivity index (χ0) is 14.1. The molecule has 0 saturated carbocycles. The highest BCUT2D eigenvalue weighted by atomic mass is 16.3. The van der Waals surface area contributed by atoms with E-state index in [1.54, 1.807) is 0 Å². The van der Waals surface area contributed by atoms with Crippen molar-refractivity contribution in [1.29, 1.82) is 0 Å². The summed E-state index contributed by atoms with van der Waals surface area (Å²) in [6.45, 7) is 7.66. The smallest absolute Gasteiger partial charge is 0.133 e. The highest BCUT2D eigenvalue weighted by Gasteiger charge is 2.04. The fraction of sp³-hybridized carbons (Fsp3) is 0.714. The second kappa shape index (κ2) is 8.69. The van der Waals surface area contributed by atoms with Crippen LogP contribution >= 0.6 is 0 Å². The summed E-state index contributed by atoms with van der Waals surface area (Å²) in [5.41, 5.74) is 0. The van der Waals surface area contributed by atoms with Crippen molar-refractivity contribution in [2.75, 3.05) is 23.7 Å². The number of nitrogens with one attached hydrogen (secondary N) is 2. The van der Waals surface area contributed by atoms with E-state index in [4.69, 9.17) is 0 Å². The molecule has 0 spiro atoms. The van der Waals surface area contributed by atoms with E-state index in [1.807, 2.05) is 13.0 Å². The van der Waals surface area contributed by atoms with E-state index in [9.17, 15) is 5.11 Å². The number of aryl methyl sites for hydroxylation is 1. The molecule has 1 atom stereocenters. The van der Waals surface area contributed by atoms with Gasteiger partial charge in [-0.2, -0.15) is 0 Å². The van der Waals surface area contributed by atoms with Crippen LogP contribution in [0.3, 0.4) is 0 Å². The molecule has 1 heterocycles. The number of nitrogens with zero attached hydrogens (tertiary/aromatic N) is 2. The van der Waals surface area contributed by atoms with Crippen molar-refractivity contribution < 1.29 is 5.11 Å². The Hall–Kier alpha value is -1.36. The van der Waals surface area contributed by atoms with Gasteiger partial charge < -0.3 is 15.7 Å². The van der Waals surface area contributed by atoms with Crippen LogP contribution in [0.25, 0.3) is 0 Å². The Kier molecular flexibility index (Phi) is 7.18. The Morgan fingerprint density at radius 2 is 1.89 bits per heavy atom. The molecule has 1 unspecified atom stereocenters. The van der Waals surface area contributed by atoms with Gasteiger partial charge in [0.1, 0.15) is 17.5 Å². The van der Waals surface area contributed by atoms with Crippen molar-refractivity contribution in [3.63, 3.8) is 0 Å². The van der Waals surface area contributed by atoms with Gasteiger partial charge in [0.15, 0.2) is 0 Å². The lowest BCUT2D eigenvalue weighted by atomic mass is 10.2. The van der Waals surface area contributed by atoms with Gasteiger partial charge >= 0.3 is 0 Å². The number of aliphatic hydroxyl groups excluding tert-OH is 1. The first-order chi connectivity index (χ1) is 9.15. The molecule has 0 aromatic carbocycles. The molecule has 1 aromatic rings. The van der Waals surface area contributed by atoms with Crippen LogP contribution in [0.1, 0.15) is 45.9 Å². The summed E-state index contributed by atoms with van der Waals surface area (Å²) >= 11 is 0. The van der Waals surface area contributed by atoms with Gasteiger partial charge in [-0.1, -0.05) is 6.92 Å². The van der Waals surface area contributed by atoms with Crippen LogP contribution in [0.4, 0.5) is 11.6 Å². The molecule has 1 aromatic heterocycles. The van der Waals surface area contributed by atoms with Gasteiger partial charge in [0.05, 0.1) is 6.10 Å². The third kappa shape index (κ3) is 6.38. The second-order valence-corrected chi connectivity index (χ2v) is 4.75. The lowest BCUT2D eigenvalue weighted by molar-refractivity contribution is 0.183. The molecular formula is C14H26N4O. The number of aliphatic hydroxyl groups is 1. The Balaban J connectivity index is 2.59. The summed E-state index contributed by atoms with van der Waals surface area (Å²) in [6, 6.07) is 1.94. The Morgan fingerprint density at radius 3 is 2.47 bits per heavy atom. The molecule has 108 valence electrons. The first-order valence-electron chi connectivity index (χ1n) is 7.19. The zero-order valence-corrected chi connectivity index (χ0v) is 12.2. The van der Waals surface area contributed by atoms with Crippen LogP contribution in [0.5, 0.6) is 0 Å². The monoisotopic (exact) mass is 266 g/mol. The topological polar surface area (TPSA) is 70.1 Å². The maximum atomic E-state index is 9.21. The summed E-state index contributed by atoms with van der Waals surface area (Å²) in [7, 11) is 0. The van der Waals surface area contributed by atoms with Gasteiger partial charge in [-0.05, 0) is 33.1 Å². The molecule has 0 radical (unpaired) electrons. The molecule has 0 amide bonds. The second-order valence-electron chi connectivity index (χ2n) is 4.75. The first-order valence-corrected chi connectivity index (χ1v) is 7.19. The van der Waals surface area contributed by atoms with Crippen LogP contribution in [-0.2, 0) is 6.42 Å². The van der Waals surface area contributed by atoms with E-state index in [0.29, 0.717) is 0 Å². The number of hydrogen-bond acceptors (Lipinski definition) is 5. The first kappa shape index (κ1) is 15.7. The van der Waals surface area contributed by atoms with Crippen molar-refractivity contribution in [2.45, 2.75) is 52.6 Å². The van der Waals surface area contributed by atoms with Crippen LogP contribution in [0, 0.1) is 0 Å². The Labute approximate surface area is 115 Å². The average molecular weight is 266 g/mol. The maximum absolute atomic E-state index is 9.21. The quantitative estimate of drug-likeness (QED) is 0.599. The van der Waals surface area contributed by atoms with Crippen LogP contribution < -0.4 is 10.6 Å². The van der Waals surface area contributed by atoms with Gasteiger partial charge in [0.25, 0.3) is 0 Å². The molecule has 5 heteroatoms. The van der Waals surface area contributed by atoms with Gasteiger partial charge in [0, 0.05) is 25.6 Å². The van der Waals surface area contributed by atoms with Gasteiger partial charge in [0.2, 0.25) is 0 Å².